The van der Waals surface area contributed by atoms with E-state index in [1.165, 1.54) is 0 Å². The number of esters is 1. The first-order chi connectivity index (χ1) is 4.81. The van der Waals surface area contributed by atoms with Crippen LogP contribution in [0.1, 0.15) is 27.2 Å². The minimum atomic E-state index is -0.494. The van der Waals surface area contributed by atoms with Crippen molar-refractivity contribution in [2.75, 3.05) is 0 Å². The van der Waals surface area contributed by atoms with Gasteiger partial charge in [-0.05, 0) is 20.8 Å². The van der Waals surface area contributed by atoms with E-state index in [0.29, 0.717) is 0 Å². The van der Waals surface area contributed by atoms with Crippen LogP contribution >= 0.6 is 0 Å². The van der Waals surface area contributed by atoms with Crippen molar-refractivity contribution in [2.24, 2.45) is 5.73 Å². The van der Waals surface area contributed by atoms with Gasteiger partial charge in [0.1, 0.15) is 17.9 Å². The molecule has 4 heteroatoms. The summed E-state index contributed by atoms with van der Waals surface area (Å²) in [5.41, 5.74) is 4.50. The smallest absolute Gasteiger partial charge is 0.313 e. The summed E-state index contributed by atoms with van der Waals surface area (Å²) in [7, 11) is 0. The van der Waals surface area contributed by atoms with Crippen molar-refractivity contribution >= 4 is 11.8 Å². The number of carbonyl (C=O) groups is 1. The number of ether oxygens (including phenoxy) is 1. The predicted molar refractivity (Wildman–Crippen MR) is 42.4 cm³/mol. The third kappa shape index (κ3) is 6.83. The van der Waals surface area contributed by atoms with Gasteiger partial charge in [-0.25, -0.2) is 0 Å². The maximum Gasteiger partial charge on any atom is 0.313 e. The Morgan fingerprint density at radius 3 is 2.27 bits per heavy atom. The first kappa shape index (κ1) is 9.94. The Hall–Kier alpha value is -1.06. The molecule has 0 unspecified atom stereocenters. The van der Waals surface area contributed by atoms with Gasteiger partial charge in [0.15, 0.2) is 0 Å². The first-order valence-electron chi connectivity index (χ1n) is 3.36. The minimum absolute atomic E-state index is 0.128. The second kappa shape index (κ2) is 3.37. The third-order valence-corrected chi connectivity index (χ3v) is 0.755. The number of nitrogens with two attached hydrogens (primary N) is 1. The second-order valence-corrected chi connectivity index (χ2v) is 3.29. The molecule has 0 heterocycles. The molecule has 0 aliphatic heterocycles. The van der Waals surface area contributed by atoms with E-state index in [1.807, 2.05) is 0 Å². The molecular weight excluding hydrogens is 144 g/mol. The van der Waals surface area contributed by atoms with Crippen molar-refractivity contribution in [2.45, 2.75) is 32.8 Å². The van der Waals surface area contributed by atoms with Crippen molar-refractivity contribution in [3.63, 3.8) is 0 Å². The lowest BCUT2D eigenvalue weighted by molar-refractivity contribution is -0.153. The highest BCUT2D eigenvalue weighted by molar-refractivity contribution is 5.94. The highest BCUT2D eigenvalue weighted by atomic mass is 16.6. The largest absolute Gasteiger partial charge is 0.460 e. The fourth-order valence-corrected chi connectivity index (χ4v) is 0.533. The Balaban J connectivity index is 3.80. The molecule has 11 heavy (non-hydrogen) atoms. The number of hydrogen-bond donors (Lipinski definition) is 2. The molecule has 0 aromatic rings. The molecule has 3 N–H and O–H groups in total. The third-order valence-electron chi connectivity index (χ3n) is 0.755. The fourth-order valence-electron chi connectivity index (χ4n) is 0.533. The van der Waals surface area contributed by atoms with Crippen LogP contribution in [0.3, 0.4) is 0 Å². The second-order valence-electron chi connectivity index (χ2n) is 3.29. The molecule has 0 saturated heterocycles. The molecule has 0 amide bonds. The van der Waals surface area contributed by atoms with Gasteiger partial charge in [0.05, 0.1) is 0 Å². The van der Waals surface area contributed by atoms with Gasteiger partial charge in [-0.2, -0.15) is 0 Å². The summed E-state index contributed by atoms with van der Waals surface area (Å²) in [4.78, 5) is 10.8. The van der Waals surface area contributed by atoms with E-state index in [0.717, 1.165) is 0 Å². The molecule has 0 rings (SSSR count). The molecular formula is C7H14N2O2. The molecule has 64 valence electrons. The minimum Gasteiger partial charge on any atom is -0.460 e. The number of amidine groups is 1. The average molecular weight is 158 g/mol. The van der Waals surface area contributed by atoms with Crippen LogP contribution in [0, 0.1) is 5.41 Å². The lowest BCUT2D eigenvalue weighted by Crippen LogP contribution is -2.26. The number of hydrogen-bond acceptors (Lipinski definition) is 3. The summed E-state index contributed by atoms with van der Waals surface area (Å²) in [6.45, 7) is 5.31. The fraction of sp³-hybridized carbons (Fsp3) is 0.714. The Bertz CT molecular complexity index is 170. The Labute approximate surface area is 66.2 Å². The molecule has 0 aromatic carbocycles. The van der Waals surface area contributed by atoms with Crippen LogP contribution in [0.4, 0.5) is 0 Å². The van der Waals surface area contributed by atoms with E-state index >= 15 is 0 Å². The summed E-state index contributed by atoms with van der Waals surface area (Å²) >= 11 is 0. The SMILES string of the molecule is CC(C)(C)OC(=O)CC(=N)N. The van der Waals surface area contributed by atoms with E-state index in [-0.39, 0.29) is 12.3 Å². The Kier molecular flexibility index (Phi) is 3.04. The van der Waals surface area contributed by atoms with Crippen LogP contribution in [-0.2, 0) is 9.53 Å². The summed E-state index contributed by atoms with van der Waals surface area (Å²) in [5, 5.41) is 6.81. The molecule has 0 aliphatic carbocycles. The van der Waals surface area contributed by atoms with Crippen molar-refractivity contribution in [1.29, 1.82) is 5.41 Å². The van der Waals surface area contributed by atoms with Crippen LogP contribution in [0.2, 0.25) is 0 Å². The number of nitrogens with one attached hydrogen (secondary N) is 1. The lowest BCUT2D eigenvalue weighted by atomic mass is 10.2. The standard InChI is InChI=1S/C7H14N2O2/c1-7(2,3)11-6(10)4-5(8)9/h4H2,1-3H3,(H3,8,9). The van der Waals surface area contributed by atoms with Gasteiger partial charge >= 0.3 is 5.97 Å². The van der Waals surface area contributed by atoms with Gasteiger partial charge in [0.25, 0.3) is 0 Å². The number of rotatable bonds is 2. The van der Waals surface area contributed by atoms with Crippen LogP contribution in [0.25, 0.3) is 0 Å². The maximum atomic E-state index is 10.8. The predicted octanol–water partition coefficient (Wildman–Crippen LogP) is 0.654. The lowest BCUT2D eigenvalue weighted by Gasteiger charge is -2.18. The van der Waals surface area contributed by atoms with E-state index in [1.54, 1.807) is 20.8 Å². The summed E-state index contributed by atoms with van der Waals surface area (Å²) in [6.07, 6.45) is -0.128. The monoisotopic (exact) mass is 158 g/mol. The van der Waals surface area contributed by atoms with Gasteiger partial charge in [-0.3, -0.25) is 10.2 Å². The molecule has 0 atom stereocenters. The molecule has 0 spiro atoms. The summed E-state index contributed by atoms with van der Waals surface area (Å²) in [6, 6.07) is 0. The topological polar surface area (TPSA) is 76.2 Å². The normalized spacial score (nSPS) is 10.8. The number of carbonyl (C=O) groups excluding carboxylic acids is 1. The Morgan fingerprint density at radius 2 is 2.00 bits per heavy atom. The van der Waals surface area contributed by atoms with Crippen molar-refractivity contribution in [3.05, 3.63) is 0 Å². The quantitative estimate of drug-likeness (QED) is 0.352. The van der Waals surface area contributed by atoms with E-state index < -0.39 is 11.6 Å². The molecule has 4 nitrogen and oxygen atoms in total. The van der Waals surface area contributed by atoms with Crippen molar-refractivity contribution in [1.82, 2.24) is 0 Å². The van der Waals surface area contributed by atoms with Crippen LogP contribution in [0.5, 0.6) is 0 Å². The van der Waals surface area contributed by atoms with Gasteiger partial charge in [0, 0.05) is 0 Å². The van der Waals surface area contributed by atoms with Crippen LogP contribution in [0.15, 0.2) is 0 Å². The van der Waals surface area contributed by atoms with E-state index in [9.17, 15) is 4.79 Å². The summed E-state index contributed by atoms with van der Waals surface area (Å²) in [5.74, 6) is -0.621. The zero-order valence-corrected chi connectivity index (χ0v) is 7.10. The average Bonchev–Trinajstić information content (AvgIpc) is 1.53. The zero-order chi connectivity index (χ0) is 9.07. The van der Waals surface area contributed by atoms with Crippen molar-refractivity contribution < 1.29 is 9.53 Å². The highest BCUT2D eigenvalue weighted by Gasteiger charge is 2.16. The van der Waals surface area contributed by atoms with Gasteiger partial charge in [-0.15, -0.1) is 0 Å². The summed E-state index contributed by atoms with van der Waals surface area (Å²) < 4.78 is 4.89. The molecule has 0 radical (unpaired) electrons. The van der Waals surface area contributed by atoms with Gasteiger partial charge in [0.2, 0.25) is 0 Å². The molecule has 0 fully saturated rings. The highest BCUT2D eigenvalue weighted by Crippen LogP contribution is 2.07. The molecule has 0 aromatic heterocycles. The van der Waals surface area contributed by atoms with Gasteiger partial charge in [-0.1, -0.05) is 0 Å². The molecule has 0 aliphatic rings. The van der Waals surface area contributed by atoms with Crippen LogP contribution in [-0.4, -0.2) is 17.4 Å². The van der Waals surface area contributed by atoms with E-state index in [4.69, 9.17) is 15.9 Å². The molecule has 0 saturated carbocycles. The zero-order valence-electron chi connectivity index (χ0n) is 7.10. The van der Waals surface area contributed by atoms with Gasteiger partial charge < -0.3 is 10.5 Å². The van der Waals surface area contributed by atoms with Crippen molar-refractivity contribution in [3.8, 4) is 0 Å². The Morgan fingerprint density at radius 1 is 1.55 bits per heavy atom. The maximum absolute atomic E-state index is 10.8. The van der Waals surface area contributed by atoms with E-state index in [2.05, 4.69) is 0 Å². The van der Waals surface area contributed by atoms with Crippen LogP contribution < -0.4 is 5.73 Å². The first-order valence-corrected chi connectivity index (χ1v) is 3.36. The molecule has 0 bridgehead atoms.